The van der Waals surface area contributed by atoms with Crippen LogP contribution in [0.5, 0.6) is 0 Å². The quantitative estimate of drug-likeness (QED) is 0.689. The van der Waals surface area contributed by atoms with Crippen LogP contribution in [-0.4, -0.2) is 22.5 Å². The van der Waals surface area contributed by atoms with Gasteiger partial charge in [-0.25, -0.2) is 4.79 Å². The average molecular weight is 398 g/mol. The third kappa shape index (κ3) is 3.63. The van der Waals surface area contributed by atoms with E-state index < -0.39 is 11.2 Å². The van der Waals surface area contributed by atoms with Crippen LogP contribution in [0, 0.1) is 6.92 Å². The van der Waals surface area contributed by atoms with Crippen molar-refractivity contribution in [3.05, 3.63) is 78.1 Å². The number of H-pyrrole nitrogens is 1. The fraction of sp³-hybridized carbons (Fsp3) is 0.250. The van der Waals surface area contributed by atoms with Crippen molar-refractivity contribution in [2.24, 2.45) is 0 Å². The first kappa shape index (κ1) is 19.6. The molecule has 0 spiro atoms. The summed E-state index contributed by atoms with van der Waals surface area (Å²) in [5.74, 6) is -0.382. The molecule has 1 amide bonds. The molecule has 28 heavy (non-hydrogen) atoms. The maximum atomic E-state index is 12.9. The fourth-order valence-electron chi connectivity index (χ4n) is 3.07. The van der Waals surface area contributed by atoms with Crippen LogP contribution in [0.15, 0.2) is 46.0 Å². The Kier molecular flexibility index (Phi) is 5.51. The van der Waals surface area contributed by atoms with Crippen LogP contribution < -0.4 is 21.9 Å². The molecule has 0 saturated heterocycles. The fourth-order valence-corrected chi connectivity index (χ4v) is 4.16. The predicted molar refractivity (Wildman–Crippen MR) is 112 cm³/mol. The zero-order valence-electron chi connectivity index (χ0n) is 16.0. The molecule has 0 bridgehead atoms. The number of benzene rings is 1. The number of aromatic amines is 1. The van der Waals surface area contributed by atoms with Gasteiger partial charge in [0.15, 0.2) is 5.69 Å². The molecule has 0 unspecified atom stereocenters. The van der Waals surface area contributed by atoms with Crippen LogP contribution >= 0.6 is 11.3 Å². The summed E-state index contributed by atoms with van der Waals surface area (Å²) in [6.07, 6.45) is 0.823. The van der Waals surface area contributed by atoms with E-state index in [4.69, 9.17) is 5.73 Å². The highest BCUT2D eigenvalue weighted by Gasteiger charge is 2.23. The molecule has 146 valence electrons. The number of nitrogens with zero attached hydrogens (tertiary/aromatic N) is 2. The van der Waals surface area contributed by atoms with Gasteiger partial charge in [-0.05, 0) is 30.5 Å². The van der Waals surface area contributed by atoms with Crippen LogP contribution in [0.25, 0.3) is 0 Å². The summed E-state index contributed by atoms with van der Waals surface area (Å²) in [4.78, 5) is 42.7. The van der Waals surface area contributed by atoms with E-state index in [1.807, 2.05) is 50.2 Å². The highest BCUT2D eigenvalue weighted by Crippen LogP contribution is 2.25. The smallest absolute Gasteiger partial charge is 0.330 e. The molecule has 0 radical (unpaired) electrons. The molecular weight excluding hydrogens is 376 g/mol. The summed E-state index contributed by atoms with van der Waals surface area (Å²) in [6.45, 7) is 4.17. The summed E-state index contributed by atoms with van der Waals surface area (Å²) < 4.78 is 1.26. The minimum atomic E-state index is -0.688. The Bertz CT molecular complexity index is 1130. The topological polar surface area (TPSA) is 101 Å². The lowest BCUT2D eigenvalue weighted by atomic mass is 10.2. The van der Waals surface area contributed by atoms with E-state index in [-0.39, 0.29) is 24.0 Å². The van der Waals surface area contributed by atoms with Gasteiger partial charge in [0.05, 0.1) is 11.4 Å². The van der Waals surface area contributed by atoms with Crippen LogP contribution in [0.2, 0.25) is 0 Å². The number of aromatic nitrogens is 2. The van der Waals surface area contributed by atoms with Gasteiger partial charge >= 0.3 is 5.69 Å². The molecule has 8 heteroatoms. The lowest BCUT2D eigenvalue weighted by Crippen LogP contribution is -2.39. The van der Waals surface area contributed by atoms with E-state index in [9.17, 15) is 14.4 Å². The number of anilines is 2. The highest BCUT2D eigenvalue weighted by molar-refractivity contribution is 7.14. The first-order valence-electron chi connectivity index (χ1n) is 8.87. The largest absolute Gasteiger partial charge is 0.383 e. The molecule has 0 aliphatic heterocycles. The first-order chi connectivity index (χ1) is 13.3. The van der Waals surface area contributed by atoms with Crippen LogP contribution in [0.4, 0.5) is 11.5 Å². The van der Waals surface area contributed by atoms with E-state index in [0.29, 0.717) is 4.88 Å². The van der Waals surface area contributed by atoms with E-state index in [1.54, 1.807) is 0 Å². The van der Waals surface area contributed by atoms with Gasteiger partial charge in [0.2, 0.25) is 0 Å². The molecule has 3 aromatic rings. The van der Waals surface area contributed by atoms with Gasteiger partial charge in [-0.3, -0.25) is 19.1 Å². The van der Waals surface area contributed by atoms with Gasteiger partial charge in [-0.1, -0.05) is 37.3 Å². The lowest BCUT2D eigenvalue weighted by molar-refractivity contribution is 0.0996. The Hall–Kier alpha value is -3.13. The van der Waals surface area contributed by atoms with Crippen molar-refractivity contribution in [2.75, 3.05) is 17.7 Å². The molecule has 7 nitrogen and oxygen atoms in total. The van der Waals surface area contributed by atoms with Gasteiger partial charge in [0, 0.05) is 11.9 Å². The number of hydrogen-bond acceptors (Lipinski definition) is 5. The molecule has 0 saturated carbocycles. The number of carbonyl (C=O) groups is 1. The Morgan fingerprint density at radius 2 is 1.93 bits per heavy atom. The summed E-state index contributed by atoms with van der Waals surface area (Å²) in [5, 5.41) is 0. The van der Waals surface area contributed by atoms with Gasteiger partial charge in [0.1, 0.15) is 5.82 Å². The molecule has 3 rings (SSSR count). The van der Waals surface area contributed by atoms with Crippen molar-refractivity contribution < 1.29 is 4.79 Å². The number of nitrogens with one attached hydrogen (secondary N) is 1. The number of nitrogens with two attached hydrogens (primary N) is 1. The molecule has 0 atom stereocenters. The predicted octanol–water partition coefficient (Wildman–Crippen LogP) is 2.38. The number of rotatable bonds is 5. The van der Waals surface area contributed by atoms with Crippen molar-refractivity contribution in [1.82, 2.24) is 9.55 Å². The summed E-state index contributed by atoms with van der Waals surface area (Å²) in [7, 11) is 1.49. The Labute approximate surface area is 166 Å². The molecule has 0 fully saturated rings. The van der Waals surface area contributed by atoms with Crippen LogP contribution in [-0.2, 0) is 13.0 Å². The molecular formula is C20H22N4O3S. The van der Waals surface area contributed by atoms with E-state index >= 15 is 0 Å². The third-order valence-electron chi connectivity index (χ3n) is 4.65. The second kappa shape index (κ2) is 7.85. The third-order valence-corrected chi connectivity index (χ3v) is 5.73. The second-order valence-corrected chi connectivity index (χ2v) is 7.73. The normalized spacial score (nSPS) is 10.8. The molecule has 0 aliphatic rings. The van der Waals surface area contributed by atoms with Crippen LogP contribution in [0.3, 0.4) is 0 Å². The number of amides is 1. The van der Waals surface area contributed by atoms with Crippen molar-refractivity contribution >= 4 is 28.7 Å². The van der Waals surface area contributed by atoms with Crippen LogP contribution in [0.1, 0.15) is 32.6 Å². The van der Waals surface area contributed by atoms with Gasteiger partial charge in [-0.15, -0.1) is 11.3 Å². The Morgan fingerprint density at radius 3 is 2.54 bits per heavy atom. The molecule has 2 heterocycles. The zero-order valence-corrected chi connectivity index (χ0v) is 16.8. The average Bonchev–Trinajstić information content (AvgIpc) is 3.05. The van der Waals surface area contributed by atoms with E-state index in [1.165, 1.54) is 27.9 Å². The van der Waals surface area contributed by atoms with Crippen molar-refractivity contribution in [3.8, 4) is 0 Å². The first-order valence-corrected chi connectivity index (χ1v) is 9.69. The SMILES string of the molecule is CCc1cc(C(=O)N(C)c2c(N)n(Cc3ccccc3)c(=O)[nH]c2=O)sc1C. The molecule has 2 aromatic heterocycles. The van der Waals surface area contributed by atoms with Crippen molar-refractivity contribution in [3.63, 3.8) is 0 Å². The summed E-state index contributed by atoms with van der Waals surface area (Å²) >= 11 is 1.38. The second-order valence-electron chi connectivity index (χ2n) is 6.47. The molecule has 3 N–H and O–H groups in total. The standard InChI is InChI=1S/C20H22N4O3S/c1-4-14-10-15(28-12(14)2)19(26)23(3)16-17(21)24(20(27)22-18(16)25)11-13-8-6-5-7-9-13/h5-10H,4,11,21H2,1-3H3,(H,22,25,27). The maximum Gasteiger partial charge on any atom is 0.330 e. The Balaban J connectivity index is 2.03. The summed E-state index contributed by atoms with van der Waals surface area (Å²) in [6, 6.07) is 11.1. The minimum Gasteiger partial charge on any atom is -0.383 e. The zero-order chi connectivity index (χ0) is 20.4. The van der Waals surface area contributed by atoms with E-state index in [2.05, 4.69) is 4.98 Å². The number of hydrogen-bond donors (Lipinski definition) is 2. The number of nitrogen functional groups attached to an aromatic ring is 1. The number of carbonyl (C=O) groups excluding carboxylic acids is 1. The maximum absolute atomic E-state index is 12.9. The van der Waals surface area contributed by atoms with E-state index in [0.717, 1.165) is 22.4 Å². The number of thiophene rings is 1. The van der Waals surface area contributed by atoms with Gasteiger partial charge in [-0.2, -0.15) is 0 Å². The van der Waals surface area contributed by atoms with Gasteiger partial charge in [0.25, 0.3) is 11.5 Å². The van der Waals surface area contributed by atoms with Gasteiger partial charge < -0.3 is 10.6 Å². The monoisotopic (exact) mass is 398 g/mol. The van der Waals surface area contributed by atoms with Crippen molar-refractivity contribution in [2.45, 2.75) is 26.8 Å². The summed E-state index contributed by atoms with van der Waals surface area (Å²) in [5.41, 5.74) is 6.77. The minimum absolute atomic E-state index is 0.0374. The highest BCUT2D eigenvalue weighted by atomic mass is 32.1. The molecule has 1 aromatic carbocycles. The Morgan fingerprint density at radius 1 is 1.25 bits per heavy atom. The molecule has 0 aliphatic carbocycles. The van der Waals surface area contributed by atoms with Crippen molar-refractivity contribution in [1.29, 1.82) is 0 Å². The number of aryl methyl sites for hydroxylation is 2. The lowest BCUT2D eigenvalue weighted by Gasteiger charge is -2.20.